The van der Waals surface area contributed by atoms with Crippen LogP contribution in [-0.2, 0) is 0 Å². The summed E-state index contributed by atoms with van der Waals surface area (Å²) in [5.41, 5.74) is 4.73. The molecule has 1 nitrogen and oxygen atoms in total. The molecule has 1 aromatic rings. The second-order valence-corrected chi connectivity index (χ2v) is 5.19. The largest absolute Gasteiger partial charge is 0.375 e. The lowest BCUT2D eigenvalue weighted by atomic mass is 9.90. The Morgan fingerprint density at radius 2 is 1.47 bits per heavy atom. The van der Waals surface area contributed by atoms with Gasteiger partial charge in [0, 0.05) is 18.8 Å². The average Bonchev–Trinajstić information content (AvgIpc) is 2.94. The smallest absolute Gasteiger partial charge is 0.0175 e. The molecule has 1 saturated heterocycles. The van der Waals surface area contributed by atoms with Gasteiger partial charge in [-0.1, -0.05) is 30.3 Å². The van der Waals surface area contributed by atoms with E-state index in [-0.39, 0.29) is 0 Å². The first-order chi connectivity index (χ1) is 8.45. The van der Waals surface area contributed by atoms with E-state index >= 15 is 0 Å². The molecule has 1 heterocycles. The van der Waals surface area contributed by atoms with E-state index in [9.17, 15) is 0 Å². The number of benzene rings is 1. The number of rotatable bonds is 2. The van der Waals surface area contributed by atoms with Crippen LogP contribution in [0.3, 0.4) is 0 Å². The summed E-state index contributed by atoms with van der Waals surface area (Å²) in [5.74, 6) is 0. The summed E-state index contributed by atoms with van der Waals surface area (Å²) in [4.78, 5) is 2.64. The second-order valence-electron chi connectivity index (χ2n) is 5.19. The monoisotopic (exact) mass is 227 g/mol. The molecular weight excluding hydrogens is 206 g/mol. The first-order valence-electron chi connectivity index (χ1n) is 6.97. The van der Waals surface area contributed by atoms with E-state index in [1.54, 1.807) is 11.3 Å². The summed E-state index contributed by atoms with van der Waals surface area (Å²) in [6.07, 6.45) is 8.07. The van der Waals surface area contributed by atoms with Crippen LogP contribution in [0.4, 0.5) is 0 Å². The van der Waals surface area contributed by atoms with Gasteiger partial charge in [0.15, 0.2) is 0 Å². The lowest BCUT2D eigenvalue weighted by molar-refractivity contribution is 0.397. The Hall–Kier alpha value is -1.24. The average molecular weight is 227 g/mol. The Bertz CT molecular complexity index is 399. The summed E-state index contributed by atoms with van der Waals surface area (Å²) >= 11 is 0. The number of allylic oxidation sites excluding steroid dienone is 2. The van der Waals surface area contributed by atoms with Crippen molar-refractivity contribution in [2.75, 3.05) is 13.1 Å². The summed E-state index contributed by atoms with van der Waals surface area (Å²) in [6, 6.07) is 11.0. The molecule has 3 rings (SSSR count). The zero-order chi connectivity index (χ0) is 11.5. The summed E-state index contributed by atoms with van der Waals surface area (Å²) in [7, 11) is 0. The molecule has 1 fully saturated rings. The van der Waals surface area contributed by atoms with E-state index in [2.05, 4.69) is 35.2 Å². The molecule has 0 N–H and O–H groups in total. The van der Waals surface area contributed by atoms with Crippen molar-refractivity contribution in [3.05, 3.63) is 41.6 Å². The quantitative estimate of drug-likeness (QED) is 0.736. The third-order valence-electron chi connectivity index (χ3n) is 4.05. The highest BCUT2D eigenvalue weighted by molar-refractivity contribution is 5.69. The molecule has 0 radical (unpaired) electrons. The van der Waals surface area contributed by atoms with Crippen LogP contribution in [0.15, 0.2) is 36.0 Å². The second kappa shape index (κ2) is 4.95. The standard InChI is InChI=1S/C16H21N/c1-2-8-14(9-3-1)15-10-4-5-11-16(15)17-12-6-7-13-17/h1-3,8-9H,4-7,10-13H2. The molecule has 0 atom stereocenters. The molecule has 17 heavy (non-hydrogen) atoms. The Morgan fingerprint density at radius 1 is 0.765 bits per heavy atom. The third kappa shape index (κ3) is 2.24. The van der Waals surface area contributed by atoms with Gasteiger partial charge in [-0.25, -0.2) is 0 Å². The van der Waals surface area contributed by atoms with Crippen LogP contribution >= 0.6 is 0 Å². The van der Waals surface area contributed by atoms with Crippen LogP contribution in [0.25, 0.3) is 5.57 Å². The van der Waals surface area contributed by atoms with Gasteiger partial charge in [-0.2, -0.15) is 0 Å². The molecule has 1 heteroatoms. The van der Waals surface area contributed by atoms with E-state index in [0.717, 1.165) is 0 Å². The Labute approximate surface area is 104 Å². The predicted molar refractivity (Wildman–Crippen MR) is 72.6 cm³/mol. The minimum Gasteiger partial charge on any atom is -0.375 e. The Kier molecular flexibility index (Phi) is 3.17. The van der Waals surface area contributed by atoms with Crippen molar-refractivity contribution >= 4 is 5.57 Å². The molecule has 0 aromatic heterocycles. The van der Waals surface area contributed by atoms with Crippen molar-refractivity contribution in [1.29, 1.82) is 0 Å². The topological polar surface area (TPSA) is 3.24 Å². The predicted octanol–water partition coefficient (Wildman–Crippen LogP) is 4.07. The van der Waals surface area contributed by atoms with Crippen LogP contribution in [0.1, 0.15) is 44.1 Å². The van der Waals surface area contributed by atoms with Gasteiger partial charge in [0.1, 0.15) is 0 Å². The minimum absolute atomic E-state index is 1.27. The molecule has 0 unspecified atom stereocenters. The van der Waals surface area contributed by atoms with Crippen LogP contribution in [-0.4, -0.2) is 18.0 Å². The molecule has 1 aliphatic carbocycles. The lowest BCUT2D eigenvalue weighted by Gasteiger charge is -2.29. The van der Waals surface area contributed by atoms with Gasteiger partial charge >= 0.3 is 0 Å². The maximum atomic E-state index is 2.64. The van der Waals surface area contributed by atoms with Gasteiger partial charge in [-0.3, -0.25) is 0 Å². The zero-order valence-corrected chi connectivity index (χ0v) is 10.5. The fraction of sp³-hybridized carbons (Fsp3) is 0.500. The van der Waals surface area contributed by atoms with Gasteiger partial charge < -0.3 is 4.90 Å². The van der Waals surface area contributed by atoms with Crippen molar-refractivity contribution in [2.24, 2.45) is 0 Å². The third-order valence-corrected chi connectivity index (χ3v) is 4.05. The van der Waals surface area contributed by atoms with Crippen LogP contribution in [0.5, 0.6) is 0 Å². The van der Waals surface area contributed by atoms with Crippen molar-refractivity contribution in [3.8, 4) is 0 Å². The highest BCUT2D eigenvalue weighted by Gasteiger charge is 2.21. The summed E-state index contributed by atoms with van der Waals surface area (Å²) < 4.78 is 0. The fourth-order valence-corrected chi connectivity index (χ4v) is 3.18. The van der Waals surface area contributed by atoms with Crippen molar-refractivity contribution in [1.82, 2.24) is 4.90 Å². The van der Waals surface area contributed by atoms with Gasteiger partial charge in [0.25, 0.3) is 0 Å². The number of likely N-dealkylation sites (tertiary alicyclic amines) is 1. The molecular formula is C16H21N. The molecule has 90 valence electrons. The zero-order valence-electron chi connectivity index (χ0n) is 10.5. The minimum atomic E-state index is 1.27. The van der Waals surface area contributed by atoms with E-state index in [1.165, 1.54) is 57.2 Å². The fourth-order valence-electron chi connectivity index (χ4n) is 3.18. The van der Waals surface area contributed by atoms with E-state index < -0.39 is 0 Å². The molecule has 2 aliphatic rings. The van der Waals surface area contributed by atoms with Gasteiger partial charge in [-0.15, -0.1) is 0 Å². The van der Waals surface area contributed by atoms with E-state index in [1.807, 2.05) is 0 Å². The Morgan fingerprint density at radius 3 is 2.24 bits per heavy atom. The molecule has 0 amide bonds. The lowest BCUT2D eigenvalue weighted by Crippen LogP contribution is -2.21. The van der Waals surface area contributed by atoms with Crippen molar-refractivity contribution < 1.29 is 0 Å². The maximum Gasteiger partial charge on any atom is 0.0175 e. The summed E-state index contributed by atoms with van der Waals surface area (Å²) in [6.45, 7) is 2.57. The van der Waals surface area contributed by atoms with Crippen molar-refractivity contribution in [2.45, 2.75) is 38.5 Å². The SMILES string of the molecule is c1ccc(C2=C(N3CCCC3)CCCC2)cc1. The molecule has 1 aliphatic heterocycles. The molecule has 0 bridgehead atoms. The first kappa shape index (κ1) is 10.9. The summed E-state index contributed by atoms with van der Waals surface area (Å²) in [5, 5.41) is 0. The van der Waals surface area contributed by atoms with Crippen LogP contribution in [0.2, 0.25) is 0 Å². The van der Waals surface area contributed by atoms with Gasteiger partial charge in [-0.05, 0) is 49.7 Å². The highest BCUT2D eigenvalue weighted by Crippen LogP contribution is 2.35. The van der Waals surface area contributed by atoms with Gasteiger partial charge in [0.05, 0.1) is 0 Å². The molecule has 1 aromatic carbocycles. The number of nitrogens with zero attached hydrogens (tertiary/aromatic N) is 1. The normalized spacial score (nSPS) is 21.1. The molecule has 0 saturated carbocycles. The van der Waals surface area contributed by atoms with E-state index in [0.29, 0.717) is 0 Å². The van der Waals surface area contributed by atoms with E-state index in [4.69, 9.17) is 0 Å². The Balaban J connectivity index is 1.96. The maximum absolute atomic E-state index is 2.64. The van der Waals surface area contributed by atoms with Crippen molar-refractivity contribution in [3.63, 3.8) is 0 Å². The number of hydrogen-bond donors (Lipinski definition) is 0. The van der Waals surface area contributed by atoms with Crippen LogP contribution in [0, 0.1) is 0 Å². The molecule has 0 spiro atoms. The van der Waals surface area contributed by atoms with Gasteiger partial charge in [0.2, 0.25) is 0 Å². The number of hydrogen-bond acceptors (Lipinski definition) is 1. The first-order valence-corrected chi connectivity index (χ1v) is 6.97. The van der Waals surface area contributed by atoms with Crippen LogP contribution < -0.4 is 0 Å². The highest BCUT2D eigenvalue weighted by atomic mass is 15.2.